The summed E-state index contributed by atoms with van der Waals surface area (Å²) in [6.45, 7) is 1.28. The highest BCUT2D eigenvalue weighted by molar-refractivity contribution is 5.85. The fraction of sp³-hybridized carbons (Fsp3) is 0.588. The molecular formula is C17H22F2N2O3. The summed E-state index contributed by atoms with van der Waals surface area (Å²) < 4.78 is 33.9. The van der Waals surface area contributed by atoms with Crippen molar-refractivity contribution in [2.24, 2.45) is 0 Å². The summed E-state index contributed by atoms with van der Waals surface area (Å²) in [5.41, 5.74) is -1.28. The van der Waals surface area contributed by atoms with Gasteiger partial charge in [-0.15, -0.1) is 0 Å². The molecule has 0 spiro atoms. The number of piperazine rings is 1. The number of anilines is 1. The van der Waals surface area contributed by atoms with Gasteiger partial charge in [-0.25, -0.2) is 0 Å². The van der Waals surface area contributed by atoms with Crippen molar-refractivity contribution in [3.63, 3.8) is 0 Å². The molecular weight excluding hydrogens is 318 g/mol. The van der Waals surface area contributed by atoms with Gasteiger partial charge in [-0.1, -0.05) is 12.1 Å². The molecule has 2 aliphatic rings. The van der Waals surface area contributed by atoms with E-state index >= 15 is 0 Å². The Morgan fingerprint density at radius 3 is 2.38 bits per heavy atom. The molecule has 1 heterocycles. The van der Waals surface area contributed by atoms with Crippen LogP contribution in [0.15, 0.2) is 24.3 Å². The first-order valence-electron chi connectivity index (χ1n) is 8.16. The van der Waals surface area contributed by atoms with Gasteiger partial charge in [-0.2, -0.15) is 8.78 Å². The van der Waals surface area contributed by atoms with Crippen LogP contribution < -0.4 is 9.64 Å². The SMILES string of the molecule is COc1ccccc1N1CCN(C(=O)C(F)(F)C2(O)CCC2)CC1. The minimum absolute atomic E-state index is 0.0209. The van der Waals surface area contributed by atoms with E-state index in [2.05, 4.69) is 0 Å². The van der Waals surface area contributed by atoms with Crippen LogP contribution in [0.4, 0.5) is 14.5 Å². The van der Waals surface area contributed by atoms with Crippen LogP contribution in [0.1, 0.15) is 19.3 Å². The molecule has 1 aliphatic carbocycles. The number of hydrogen-bond acceptors (Lipinski definition) is 4. The van der Waals surface area contributed by atoms with E-state index in [9.17, 15) is 18.7 Å². The van der Waals surface area contributed by atoms with E-state index in [1.165, 1.54) is 0 Å². The molecule has 0 atom stereocenters. The van der Waals surface area contributed by atoms with Gasteiger partial charge in [0.15, 0.2) is 0 Å². The summed E-state index contributed by atoms with van der Waals surface area (Å²) in [6, 6.07) is 7.49. The van der Waals surface area contributed by atoms with Crippen LogP contribution in [0, 0.1) is 0 Å². The fourth-order valence-electron chi connectivity index (χ4n) is 3.26. The van der Waals surface area contributed by atoms with Crippen molar-refractivity contribution in [3.05, 3.63) is 24.3 Å². The molecule has 0 aromatic heterocycles. The Morgan fingerprint density at radius 1 is 1.21 bits per heavy atom. The number of halogens is 2. The predicted octanol–water partition coefficient (Wildman–Crippen LogP) is 1.89. The minimum atomic E-state index is -3.71. The van der Waals surface area contributed by atoms with Crippen LogP contribution in [-0.4, -0.2) is 60.7 Å². The molecule has 0 bridgehead atoms. The third kappa shape index (κ3) is 2.70. The van der Waals surface area contributed by atoms with E-state index < -0.39 is 17.4 Å². The molecule has 0 unspecified atom stereocenters. The standard InChI is InChI=1S/C17H22F2N2O3/c1-24-14-6-3-2-5-13(14)20-9-11-21(12-10-20)15(22)17(18,19)16(23)7-4-8-16/h2-3,5-6,23H,4,7-12H2,1H3. The third-order valence-corrected chi connectivity index (χ3v) is 5.03. The zero-order chi connectivity index (χ0) is 17.4. The van der Waals surface area contributed by atoms with Crippen molar-refractivity contribution >= 4 is 11.6 Å². The Labute approximate surface area is 139 Å². The molecule has 1 aromatic rings. The Morgan fingerprint density at radius 2 is 1.83 bits per heavy atom. The summed E-state index contributed by atoms with van der Waals surface area (Å²) in [6.07, 6.45) is 0.487. The van der Waals surface area contributed by atoms with Gasteiger partial charge >= 0.3 is 5.92 Å². The summed E-state index contributed by atoms with van der Waals surface area (Å²) >= 11 is 0. The van der Waals surface area contributed by atoms with Gasteiger partial charge in [0.1, 0.15) is 11.4 Å². The molecule has 1 saturated carbocycles. The average molecular weight is 340 g/mol. The third-order valence-electron chi connectivity index (χ3n) is 5.03. The summed E-state index contributed by atoms with van der Waals surface area (Å²) in [5, 5.41) is 9.91. The number of rotatable bonds is 4. The van der Waals surface area contributed by atoms with Gasteiger partial charge in [0, 0.05) is 26.2 Å². The second-order valence-electron chi connectivity index (χ2n) is 6.41. The first kappa shape index (κ1) is 17.0. The summed E-state index contributed by atoms with van der Waals surface area (Å²) in [4.78, 5) is 15.4. The number of ether oxygens (including phenoxy) is 1. The predicted molar refractivity (Wildman–Crippen MR) is 85.5 cm³/mol. The maximum absolute atomic E-state index is 14.3. The molecule has 1 amide bonds. The van der Waals surface area contributed by atoms with Gasteiger partial charge in [-0.3, -0.25) is 4.79 Å². The molecule has 2 fully saturated rings. The van der Waals surface area contributed by atoms with Crippen LogP contribution in [-0.2, 0) is 4.79 Å². The zero-order valence-electron chi connectivity index (χ0n) is 13.7. The van der Waals surface area contributed by atoms with E-state index in [1.807, 2.05) is 29.2 Å². The van der Waals surface area contributed by atoms with E-state index in [4.69, 9.17) is 4.74 Å². The van der Waals surface area contributed by atoms with Gasteiger partial charge < -0.3 is 19.6 Å². The second kappa shape index (κ2) is 6.20. The lowest BCUT2D eigenvalue weighted by Crippen LogP contribution is -2.63. The molecule has 7 heteroatoms. The highest BCUT2D eigenvalue weighted by Gasteiger charge is 2.62. The van der Waals surface area contributed by atoms with Crippen LogP contribution in [0.3, 0.4) is 0 Å². The Hall–Kier alpha value is -1.89. The van der Waals surface area contributed by atoms with E-state index in [-0.39, 0.29) is 25.9 Å². The van der Waals surface area contributed by atoms with Crippen molar-refractivity contribution in [2.45, 2.75) is 30.8 Å². The number of nitrogens with zero attached hydrogens (tertiary/aromatic N) is 2. The lowest BCUT2D eigenvalue weighted by Gasteiger charge is -2.44. The number of benzene rings is 1. The van der Waals surface area contributed by atoms with Crippen LogP contribution >= 0.6 is 0 Å². The van der Waals surface area contributed by atoms with Crippen molar-refractivity contribution < 1.29 is 23.4 Å². The van der Waals surface area contributed by atoms with E-state index in [0.717, 1.165) is 10.6 Å². The summed E-state index contributed by atoms with van der Waals surface area (Å²) in [7, 11) is 1.58. The van der Waals surface area contributed by atoms with E-state index in [0.29, 0.717) is 25.3 Å². The average Bonchev–Trinajstić information content (AvgIpc) is 2.59. The molecule has 24 heavy (non-hydrogen) atoms. The number of para-hydroxylation sites is 2. The number of alkyl halides is 2. The van der Waals surface area contributed by atoms with Crippen LogP contribution in [0.5, 0.6) is 5.75 Å². The van der Waals surface area contributed by atoms with Crippen molar-refractivity contribution in [1.82, 2.24) is 4.90 Å². The van der Waals surface area contributed by atoms with Gasteiger partial charge in [0.05, 0.1) is 12.8 Å². The van der Waals surface area contributed by atoms with Crippen LogP contribution in [0.25, 0.3) is 0 Å². The molecule has 1 aromatic carbocycles. The number of hydrogen-bond donors (Lipinski definition) is 1. The number of amides is 1. The van der Waals surface area contributed by atoms with Crippen molar-refractivity contribution in [3.8, 4) is 5.75 Å². The normalized spacial score (nSPS) is 20.5. The Bertz CT molecular complexity index is 612. The zero-order valence-corrected chi connectivity index (χ0v) is 13.7. The highest BCUT2D eigenvalue weighted by atomic mass is 19.3. The number of carbonyl (C=O) groups excluding carboxylic acids is 1. The highest BCUT2D eigenvalue weighted by Crippen LogP contribution is 2.45. The first-order valence-corrected chi connectivity index (χ1v) is 8.16. The topological polar surface area (TPSA) is 53.0 Å². The lowest BCUT2D eigenvalue weighted by molar-refractivity contribution is -0.223. The van der Waals surface area contributed by atoms with E-state index in [1.54, 1.807) is 7.11 Å². The number of methoxy groups -OCH3 is 1. The molecule has 3 rings (SSSR count). The Kier molecular flexibility index (Phi) is 4.38. The second-order valence-corrected chi connectivity index (χ2v) is 6.41. The number of carbonyl (C=O) groups is 1. The molecule has 1 saturated heterocycles. The van der Waals surface area contributed by atoms with Crippen molar-refractivity contribution in [2.75, 3.05) is 38.2 Å². The lowest BCUT2D eigenvalue weighted by atomic mass is 9.75. The monoisotopic (exact) mass is 340 g/mol. The maximum atomic E-state index is 14.3. The van der Waals surface area contributed by atoms with Crippen LogP contribution in [0.2, 0.25) is 0 Å². The fourth-order valence-corrected chi connectivity index (χ4v) is 3.26. The molecule has 1 N–H and O–H groups in total. The van der Waals surface area contributed by atoms with Crippen molar-refractivity contribution in [1.29, 1.82) is 0 Å². The first-order chi connectivity index (χ1) is 11.4. The molecule has 0 radical (unpaired) electrons. The maximum Gasteiger partial charge on any atom is 0.352 e. The quantitative estimate of drug-likeness (QED) is 0.910. The van der Waals surface area contributed by atoms with Gasteiger partial charge in [0.2, 0.25) is 0 Å². The van der Waals surface area contributed by atoms with Gasteiger partial charge in [-0.05, 0) is 31.4 Å². The number of aliphatic hydroxyl groups is 1. The Balaban J connectivity index is 1.66. The summed E-state index contributed by atoms with van der Waals surface area (Å²) in [5.74, 6) is -4.26. The smallest absolute Gasteiger partial charge is 0.352 e. The largest absolute Gasteiger partial charge is 0.495 e. The molecule has 132 valence electrons. The molecule has 5 nitrogen and oxygen atoms in total. The molecule has 1 aliphatic heterocycles. The minimum Gasteiger partial charge on any atom is -0.495 e. The van der Waals surface area contributed by atoms with Gasteiger partial charge in [0.25, 0.3) is 5.91 Å².